The average Bonchev–Trinajstić information content (AvgIpc) is 3.32. The lowest BCUT2D eigenvalue weighted by Crippen LogP contribution is -2.44. The summed E-state index contributed by atoms with van der Waals surface area (Å²) < 4.78 is 13.1. The van der Waals surface area contributed by atoms with E-state index in [4.69, 9.17) is 9.47 Å². The third kappa shape index (κ3) is 3.32. The Bertz CT molecular complexity index is 738. The summed E-state index contributed by atoms with van der Waals surface area (Å²) in [5, 5.41) is 4.54. The van der Waals surface area contributed by atoms with E-state index in [-0.39, 0.29) is 18.1 Å². The molecule has 6 nitrogen and oxygen atoms in total. The summed E-state index contributed by atoms with van der Waals surface area (Å²) in [6.07, 6.45) is 1.84. The number of aryl methyl sites for hydroxylation is 1. The second-order valence-electron chi connectivity index (χ2n) is 6.68. The molecular weight excluding hydrogens is 318 g/mol. The molecule has 0 N–H and O–H groups in total. The number of hydrogen-bond donors (Lipinski definition) is 0. The molecule has 3 heterocycles. The Kier molecular flexibility index (Phi) is 4.55. The van der Waals surface area contributed by atoms with E-state index in [2.05, 4.69) is 5.10 Å². The highest BCUT2D eigenvalue weighted by atomic mass is 16.7. The number of amides is 1. The molecule has 1 aromatic carbocycles. The third-order valence-corrected chi connectivity index (χ3v) is 4.88. The van der Waals surface area contributed by atoms with Gasteiger partial charge in [-0.2, -0.15) is 5.10 Å². The molecule has 0 bridgehead atoms. The Morgan fingerprint density at radius 3 is 2.72 bits per heavy atom. The second kappa shape index (κ2) is 6.98. The number of likely N-dealkylation sites (tertiary alicyclic amines) is 1. The Labute approximate surface area is 147 Å². The molecule has 1 aromatic heterocycles. The van der Waals surface area contributed by atoms with Gasteiger partial charge in [-0.15, -0.1) is 0 Å². The molecule has 1 atom stereocenters. The van der Waals surface area contributed by atoms with E-state index in [1.54, 1.807) is 0 Å². The SMILES string of the molecule is Cc1cc(C(=O)N2CCCC(C3OCCO3)C2)nn1-c1ccccc1. The van der Waals surface area contributed by atoms with Crippen molar-refractivity contribution in [1.82, 2.24) is 14.7 Å². The van der Waals surface area contributed by atoms with Gasteiger partial charge in [-0.05, 0) is 38.0 Å². The summed E-state index contributed by atoms with van der Waals surface area (Å²) in [4.78, 5) is 14.8. The zero-order valence-electron chi connectivity index (χ0n) is 14.4. The molecule has 2 aromatic rings. The summed E-state index contributed by atoms with van der Waals surface area (Å²) >= 11 is 0. The minimum Gasteiger partial charge on any atom is -0.350 e. The van der Waals surface area contributed by atoms with E-state index in [9.17, 15) is 4.79 Å². The molecular formula is C19H23N3O3. The number of carbonyl (C=O) groups excluding carboxylic acids is 1. The molecule has 0 spiro atoms. The fraction of sp³-hybridized carbons (Fsp3) is 0.474. The van der Waals surface area contributed by atoms with Crippen LogP contribution >= 0.6 is 0 Å². The summed E-state index contributed by atoms with van der Waals surface area (Å²) in [6, 6.07) is 11.7. The van der Waals surface area contributed by atoms with E-state index in [1.165, 1.54) is 0 Å². The minimum absolute atomic E-state index is 0.0134. The number of hydrogen-bond acceptors (Lipinski definition) is 4. The van der Waals surface area contributed by atoms with Crippen LogP contribution in [0.1, 0.15) is 29.0 Å². The number of rotatable bonds is 3. The van der Waals surface area contributed by atoms with E-state index in [0.717, 1.165) is 30.8 Å². The minimum atomic E-state index is -0.167. The zero-order chi connectivity index (χ0) is 17.2. The van der Waals surface area contributed by atoms with Crippen molar-refractivity contribution >= 4 is 5.91 Å². The first-order valence-electron chi connectivity index (χ1n) is 8.87. The van der Waals surface area contributed by atoms with Crippen LogP contribution in [0.5, 0.6) is 0 Å². The van der Waals surface area contributed by atoms with Gasteiger partial charge in [-0.3, -0.25) is 4.79 Å². The van der Waals surface area contributed by atoms with Crippen LogP contribution in [-0.2, 0) is 9.47 Å². The lowest BCUT2D eigenvalue weighted by molar-refractivity contribution is -0.0969. The van der Waals surface area contributed by atoms with Gasteiger partial charge in [0.2, 0.25) is 0 Å². The topological polar surface area (TPSA) is 56.6 Å². The van der Waals surface area contributed by atoms with Gasteiger partial charge in [0.05, 0.1) is 18.9 Å². The number of benzene rings is 1. The van der Waals surface area contributed by atoms with Gasteiger partial charge in [0.15, 0.2) is 12.0 Å². The van der Waals surface area contributed by atoms with Crippen LogP contribution < -0.4 is 0 Å². The monoisotopic (exact) mass is 341 g/mol. The number of piperidine rings is 1. The molecule has 132 valence electrons. The van der Waals surface area contributed by atoms with Crippen molar-refractivity contribution in [2.75, 3.05) is 26.3 Å². The molecule has 1 amide bonds. The first kappa shape index (κ1) is 16.3. The van der Waals surface area contributed by atoms with Crippen molar-refractivity contribution in [3.8, 4) is 5.69 Å². The van der Waals surface area contributed by atoms with Gasteiger partial charge >= 0.3 is 0 Å². The average molecular weight is 341 g/mol. The van der Waals surface area contributed by atoms with E-state index in [0.29, 0.717) is 25.5 Å². The molecule has 4 rings (SSSR count). The van der Waals surface area contributed by atoms with Gasteiger partial charge in [-0.25, -0.2) is 4.68 Å². The van der Waals surface area contributed by atoms with Crippen LogP contribution in [0.25, 0.3) is 5.69 Å². The largest absolute Gasteiger partial charge is 0.350 e. The molecule has 0 radical (unpaired) electrons. The fourth-order valence-corrected chi connectivity index (χ4v) is 3.64. The standard InChI is InChI=1S/C19H23N3O3/c1-14-12-17(20-22(14)16-7-3-2-4-8-16)18(23)21-9-5-6-15(13-21)19-24-10-11-25-19/h2-4,7-8,12,15,19H,5-6,9-11,13H2,1H3. The molecule has 0 saturated carbocycles. The molecule has 2 aliphatic heterocycles. The maximum absolute atomic E-state index is 12.9. The molecule has 0 aliphatic carbocycles. The fourth-order valence-electron chi connectivity index (χ4n) is 3.64. The van der Waals surface area contributed by atoms with Crippen LogP contribution in [-0.4, -0.2) is 53.2 Å². The van der Waals surface area contributed by atoms with E-state index < -0.39 is 0 Å². The highest BCUT2D eigenvalue weighted by Crippen LogP contribution is 2.26. The van der Waals surface area contributed by atoms with Gasteiger partial charge < -0.3 is 14.4 Å². The number of nitrogens with zero attached hydrogens (tertiary/aromatic N) is 3. The van der Waals surface area contributed by atoms with Crippen LogP contribution in [0.3, 0.4) is 0 Å². The molecule has 2 aliphatic rings. The van der Waals surface area contributed by atoms with Crippen LogP contribution in [0, 0.1) is 12.8 Å². The Morgan fingerprint density at radius 1 is 1.20 bits per heavy atom. The quantitative estimate of drug-likeness (QED) is 0.860. The van der Waals surface area contributed by atoms with Gasteiger partial charge in [-0.1, -0.05) is 18.2 Å². The molecule has 1 unspecified atom stereocenters. The smallest absolute Gasteiger partial charge is 0.274 e. The van der Waals surface area contributed by atoms with Gasteiger partial charge in [0.1, 0.15) is 0 Å². The molecule has 2 fully saturated rings. The van der Waals surface area contributed by atoms with Gasteiger partial charge in [0.25, 0.3) is 5.91 Å². The van der Waals surface area contributed by atoms with Crippen LogP contribution in [0.2, 0.25) is 0 Å². The summed E-state index contributed by atoms with van der Waals surface area (Å²) in [6.45, 7) is 4.70. The first-order valence-corrected chi connectivity index (χ1v) is 8.87. The Balaban J connectivity index is 1.51. The van der Waals surface area contributed by atoms with Crippen molar-refractivity contribution < 1.29 is 14.3 Å². The Hall–Kier alpha value is -2.18. The van der Waals surface area contributed by atoms with Crippen molar-refractivity contribution in [3.63, 3.8) is 0 Å². The normalized spacial score (nSPS) is 21.6. The predicted octanol–water partition coefficient (Wildman–Crippen LogP) is 2.41. The molecule has 2 saturated heterocycles. The number of carbonyl (C=O) groups is 1. The maximum Gasteiger partial charge on any atom is 0.274 e. The molecule has 6 heteroatoms. The van der Waals surface area contributed by atoms with Crippen molar-refractivity contribution in [1.29, 1.82) is 0 Å². The van der Waals surface area contributed by atoms with Crippen molar-refractivity contribution in [2.24, 2.45) is 5.92 Å². The number of para-hydroxylation sites is 1. The van der Waals surface area contributed by atoms with Crippen LogP contribution in [0.4, 0.5) is 0 Å². The first-order chi connectivity index (χ1) is 12.2. The van der Waals surface area contributed by atoms with Crippen LogP contribution in [0.15, 0.2) is 36.4 Å². The summed E-state index contributed by atoms with van der Waals surface area (Å²) in [7, 11) is 0. The van der Waals surface area contributed by atoms with Crippen molar-refractivity contribution in [2.45, 2.75) is 26.1 Å². The maximum atomic E-state index is 12.9. The van der Waals surface area contributed by atoms with Crippen molar-refractivity contribution in [3.05, 3.63) is 47.8 Å². The predicted molar refractivity (Wildman–Crippen MR) is 92.6 cm³/mol. The highest BCUT2D eigenvalue weighted by molar-refractivity contribution is 5.92. The van der Waals surface area contributed by atoms with E-state index >= 15 is 0 Å². The zero-order valence-corrected chi connectivity index (χ0v) is 14.4. The number of aromatic nitrogens is 2. The lowest BCUT2D eigenvalue weighted by atomic mass is 9.97. The Morgan fingerprint density at radius 2 is 1.96 bits per heavy atom. The lowest BCUT2D eigenvalue weighted by Gasteiger charge is -2.34. The van der Waals surface area contributed by atoms with E-state index in [1.807, 2.05) is 52.9 Å². The van der Waals surface area contributed by atoms with Gasteiger partial charge in [0, 0.05) is 24.7 Å². The number of ether oxygens (including phenoxy) is 2. The molecule has 25 heavy (non-hydrogen) atoms. The third-order valence-electron chi connectivity index (χ3n) is 4.88. The highest BCUT2D eigenvalue weighted by Gasteiger charge is 2.33. The summed E-state index contributed by atoms with van der Waals surface area (Å²) in [5.74, 6) is 0.234. The second-order valence-corrected chi connectivity index (χ2v) is 6.68. The summed E-state index contributed by atoms with van der Waals surface area (Å²) in [5.41, 5.74) is 2.41.